The third-order valence-electron chi connectivity index (χ3n) is 6.60. The molecule has 35 heavy (non-hydrogen) atoms. The van der Waals surface area contributed by atoms with Crippen molar-refractivity contribution in [3.63, 3.8) is 0 Å². The van der Waals surface area contributed by atoms with E-state index in [1.165, 1.54) is 0 Å². The Labute approximate surface area is 202 Å². The zero-order chi connectivity index (χ0) is 24.9. The number of hydrogen-bond donors (Lipinski definition) is 2. The second-order valence-corrected chi connectivity index (χ2v) is 9.25. The van der Waals surface area contributed by atoms with Gasteiger partial charge < -0.3 is 15.2 Å². The van der Waals surface area contributed by atoms with Crippen LogP contribution in [0.4, 0.5) is 20.3 Å². The van der Waals surface area contributed by atoms with Crippen molar-refractivity contribution in [1.29, 1.82) is 0 Å². The van der Waals surface area contributed by atoms with Crippen molar-refractivity contribution < 1.29 is 13.6 Å². The van der Waals surface area contributed by atoms with E-state index >= 15 is 0 Å². The zero-order valence-electron chi connectivity index (χ0n) is 20.2. The first-order valence-electron chi connectivity index (χ1n) is 11.7. The van der Waals surface area contributed by atoms with E-state index in [1.807, 2.05) is 30.9 Å². The Hall–Kier alpha value is -3.75. The summed E-state index contributed by atoms with van der Waals surface area (Å²) in [6.07, 6.45) is 4.08. The summed E-state index contributed by atoms with van der Waals surface area (Å²) in [5.74, 6) is 0.562. The van der Waals surface area contributed by atoms with E-state index in [9.17, 15) is 13.6 Å². The molecule has 0 spiro atoms. The van der Waals surface area contributed by atoms with Gasteiger partial charge in [0.1, 0.15) is 5.82 Å². The lowest BCUT2D eigenvalue weighted by molar-refractivity contribution is 0.0964. The summed E-state index contributed by atoms with van der Waals surface area (Å²) in [6, 6.07) is 5.35. The summed E-state index contributed by atoms with van der Waals surface area (Å²) in [7, 11) is 3.37. The molecule has 0 atom stereocenters. The lowest BCUT2D eigenvalue weighted by Gasteiger charge is -2.32. The van der Waals surface area contributed by atoms with Crippen molar-refractivity contribution in [2.45, 2.75) is 39.0 Å². The number of pyridine rings is 1. The molecule has 4 aromatic rings. The van der Waals surface area contributed by atoms with Crippen LogP contribution in [0, 0.1) is 0 Å². The van der Waals surface area contributed by atoms with Crippen LogP contribution >= 0.6 is 0 Å². The first-order valence-corrected chi connectivity index (χ1v) is 11.7. The third kappa shape index (κ3) is 3.94. The van der Waals surface area contributed by atoms with Gasteiger partial charge in [0.25, 0.3) is 12.3 Å². The first kappa shape index (κ1) is 23.0. The molecule has 4 heterocycles. The van der Waals surface area contributed by atoms with Crippen LogP contribution in [0.25, 0.3) is 22.0 Å². The number of aromatic nitrogens is 4. The highest BCUT2D eigenvalue weighted by Crippen LogP contribution is 2.42. The molecule has 0 aliphatic carbocycles. The van der Waals surface area contributed by atoms with Gasteiger partial charge >= 0.3 is 0 Å². The normalized spacial score (nSPS) is 13.7. The molecular weight excluding hydrogens is 450 g/mol. The van der Waals surface area contributed by atoms with Crippen molar-refractivity contribution in [2.24, 2.45) is 7.05 Å². The average molecular weight is 479 g/mol. The van der Waals surface area contributed by atoms with Crippen LogP contribution < -0.4 is 10.2 Å². The number of hydrogen-bond acceptors (Lipinski definition) is 4. The average Bonchev–Trinajstić information content (AvgIpc) is 3.47. The number of amides is 1. The second kappa shape index (κ2) is 8.79. The number of aryl methyl sites for hydroxylation is 2. The number of H-pyrrole nitrogens is 1. The quantitative estimate of drug-likeness (QED) is 0.399. The number of halogens is 2. The monoisotopic (exact) mass is 478 g/mol. The summed E-state index contributed by atoms with van der Waals surface area (Å²) >= 11 is 0. The molecule has 0 unspecified atom stereocenters. The van der Waals surface area contributed by atoms with E-state index in [4.69, 9.17) is 4.98 Å². The van der Waals surface area contributed by atoms with Crippen molar-refractivity contribution in [2.75, 3.05) is 18.5 Å². The molecule has 0 saturated carbocycles. The number of benzene rings is 1. The Morgan fingerprint density at radius 1 is 1.23 bits per heavy atom. The van der Waals surface area contributed by atoms with Crippen LogP contribution in [0.5, 0.6) is 0 Å². The van der Waals surface area contributed by atoms with Gasteiger partial charge in [0.2, 0.25) is 0 Å². The van der Waals surface area contributed by atoms with E-state index in [2.05, 4.69) is 15.4 Å². The molecule has 9 heteroatoms. The highest BCUT2D eigenvalue weighted by Gasteiger charge is 2.27. The first-order chi connectivity index (χ1) is 16.8. The Morgan fingerprint density at radius 3 is 2.69 bits per heavy atom. The predicted molar refractivity (Wildman–Crippen MR) is 133 cm³/mol. The van der Waals surface area contributed by atoms with Crippen LogP contribution in [0.1, 0.15) is 59.8 Å². The molecule has 0 fully saturated rings. The number of nitrogens with zero attached hydrogens (tertiary/aromatic N) is 4. The fraction of sp³-hybridized carbons (Fsp3) is 0.346. The summed E-state index contributed by atoms with van der Waals surface area (Å²) < 4.78 is 30.1. The fourth-order valence-electron chi connectivity index (χ4n) is 4.89. The minimum Gasteiger partial charge on any atom is -0.359 e. The Kier molecular flexibility index (Phi) is 5.78. The van der Waals surface area contributed by atoms with Gasteiger partial charge in [-0.3, -0.25) is 9.48 Å². The summed E-state index contributed by atoms with van der Waals surface area (Å²) in [5.41, 5.74) is 5.07. The summed E-state index contributed by atoms with van der Waals surface area (Å²) in [4.78, 5) is 22.6. The van der Waals surface area contributed by atoms with Gasteiger partial charge in [0.15, 0.2) is 0 Å². The number of rotatable bonds is 5. The highest BCUT2D eigenvalue weighted by atomic mass is 19.3. The molecule has 7 nitrogen and oxygen atoms in total. The van der Waals surface area contributed by atoms with Crippen LogP contribution in [0.3, 0.4) is 0 Å². The molecule has 5 rings (SSSR count). The maximum absolute atomic E-state index is 14.2. The molecule has 1 aromatic carbocycles. The molecule has 3 aromatic heterocycles. The molecule has 2 N–H and O–H groups in total. The van der Waals surface area contributed by atoms with E-state index in [0.717, 1.165) is 40.7 Å². The van der Waals surface area contributed by atoms with Gasteiger partial charge in [0.05, 0.1) is 23.0 Å². The zero-order valence-corrected chi connectivity index (χ0v) is 20.2. The second-order valence-electron chi connectivity index (χ2n) is 9.25. The van der Waals surface area contributed by atoms with E-state index in [-0.39, 0.29) is 17.4 Å². The minimum atomic E-state index is -2.63. The number of anilines is 2. The largest absolute Gasteiger partial charge is 0.359 e. The van der Waals surface area contributed by atoms with Gasteiger partial charge in [-0.25, -0.2) is 13.8 Å². The number of carbonyl (C=O) groups is 1. The number of fused-ring (bicyclic) bond motifs is 2. The van der Waals surface area contributed by atoms with E-state index in [0.29, 0.717) is 29.1 Å². The number of nitrogens with one attached hydrogen (secondary N) is 2. The molecule has 1 amide bonds. The summed E-state index contributed by atoms with van der Waals surface area (Å²) in [5, 5.41) is 7.62. The number of alkyl halides is 2. The molecular formula is C26H28F2N6O. The van der Waals surface area contributed by atoms with Crippen molar-refractivity contribution in [3.05, 3.63) is 59.2 Å². The Morgan fingerprint density at radius 2 is 2.03 bits per heavy atom. The number of carbonyl (C=O) groups excluding carboxylic acids is 1. The van der Waals surface area contributed by atoms with Crippen LogP contribution in [-0.2, 0) is 13.5 Å². The van der Waals surface area contributed by atoms with E-state index in [1.54, 1.807) is 43.4 Å². The Bertz CT molecular complexity index is 1420. The van der Waals surface area contributed by atoms with Crippen molar-refractivity contribution >= 4 is 28.3 Å². The van der Waals surface area contributed by atoms with Gasteiger partial charge in [-0.05, 0) is 48.1 Å². The van der Waals surface area contributed by atoms with Crippen molar-refractivity contribution in [1.82, 2.24) is 25.1 Å². The standard InChI is InChI=1S/C26H28F2N6O/c1-14(2)23-24-18(20(12-30-24)26(35)29-3)10-22(32-23)34-7-5-6-15-8-17(16-11-31-33(4)13-16)19(25(27)28)9-21(15)34/h8-14,25,30H,5-7H2,1-4H3,(H,29,35). The molecule has 0 radical (unpaired) electrons. The topological polar surface area (TPSA) is 78.8 Å². The van der Waals surface area contributed by atoms with Crippen LogP contribution in [0.15, 0.2) is 36.8 Å². The Balaban J connectivity index is 1.69. The van der Waals surface area contributed by atoms with E-state index < -0.39 is 6.43 Å². The van der Waals surface area contributed by atoms with Gasteiger partial charge in [-0.1, -0.05) is 13.8 Å². The molecule has 0 saturated heterocycles. The van der Waals surface area contributed by atoms with Gasteiger partial charge in [-0.15, -0.1) is 0 Å². The predicted octanol–water partition coefficient (Wildman–Crippen LogP) is 5.47. The number of aromatic amines is 1. The van der Waals surface area contributed by atoms with Crippen molar-refractivity contribution in [3.8, 4) is 11.1 Å². The van der Waals surface area contributed by atoms with Crippen LogP contribution in [0.2, 0.25) is 0 Å². The molecule has 0 bridgehead atoms. The van der Waals surface area contributed by atoms with Gasteiger partial charge in [0, 0.05) is 55.2 Å². The molecule has 182 valence electrons. The highest BCUT2D eigenvalue weighted by molar-refractivity contribution is 6.07. The lowest BCUT2D eigenvalue weighted by Crippen LogP contribution is -2.26. The van der Waals surface area contributed by atoms with Crippen LogP contribution in [-0.4, -0.2) is 39.2 Å². The SMILES string of the molecule is CNC(=O)c1c[nH]c2c(C(C)C)nc(N3CCCc4cc(-c5cnn(C)c5)c(C(F)F)cc43)cc12. The van der Waals surface area contributed by atoms with Gasteiger partial charge in [-0.2, -0.15) is 5.10 Å². The minimum absolute atomic E-state index is 0.0264. The third-order valence-corrected chi connectivity index (χ3v) is 6.60. The molecule has 1 aliphatic heterocycles. The summed E-state index contributed by atoms with van der Waals surface area (Å²) in [6.45, 7) is 4.74. The molecule has 1 aliphatic rings. The fourth-order valence-corrected chi connectivity index (χ4v) is 4.89. The smallest absolute Gasteiger partial charge is 0.264 e. The lowest BCUT2D eigenvalue weighted by atomic mass is 9.93. The maximum atomic E-state index is 14.2. The maximum Gasteiger partial charge on any atom is 0.264 e.